The van der Waals surface area contributed by atoms with Crippen LogP contribution in [0.5, 0.6) is 11.5 Å². The minimum absolute atomic E-state index is 0.0665. The van der Waals surface area contributed by atoms with Gasteiger partial charge in [0.05, 0.1) is 24.8 Å². The molecule has 0 atom stereocenters. The highest BCUT2D eigenvalue weighted by molar-refractivity contribution is 6.30. The Morgan fingerprint density at radius 2 is 1.81 bits per heavy atom. The maximum Gasteiger partial charge on any atom is 0.343 e. The smallest absolute Gasteiger partial charge is 0.343 e. The molecule has 3 rings (SSSR count). The van der Waals surface area contributed by atoms with Gasteiger partial charge in [-0.15, -0.1) is 0 Å². The first kappa shape index (κ1) is 18.7. The third-order valence-corrected chi connectivity index (χ3v) is 4.05. The Kier molecular flexibility index (Phi) is 5.57. The largest absolute Gasteiger partial charge is 0.497 e. The SMILES string of the molecule is CCOC(=O)c1cnc2cc(OC)ccc2c1OC(=O)c1ccc(Cl)cc1. The third-order valence-electron chi connectivity index (χ3n) is 3.80. The van der Waals surface area contributed by atoms with Crippen molar-refractivity contribution in [2.24, 2.45) is 0 Å². The fraction of sp³-hybridized carbons (Fsp3) is 0.150. The fourth-order valence-corrected chi connectivity index (χ4v) is 2.60. The average Bonchev–Trinajstić information content (AvgIpc) is 2.68. The first-order valence-electron chi connectivity index (χ1n) is 8.15. The highest BCUT2D eigenvalue weighted by atomic mass is 35.5. The molecule has 0 N–H and O–H groups in total. The van der Waals surface area contributed by atoms with Crippen molar-refractivity contribution in [1.82, 2.24) is 4.98 Å². The van der Waals surface area contributed by atoms with Crippen molar-refractivity contribution in [3.8, 4) is 11.5 Å². The Morgan fingerprint density at radius 1 is 1.07 bits per heavy atom. The number of methoxy groups -OCH3 is 1. The Hall–Kier alpha value is -3.12. The lowest BCUT2D eigenvalue weighted by molar-refractivity contribution is 0.0520. The molecule has 0 aliphatic rings. The fourth-order valence-electron chi connectivity index (χ4n) is 2.48. The molecule has 0 fully saturated rings. The summed E-state index contributed by atoms with van der Waals surface area (Å²) in [4.78, 5) is 29.1. The predicted molar refractivity (Wildman–Crippen MR) is 101 cm³/mol. The number of esters is 2. The summed E-state index contributed by atoms with van der Waals surface area (Å²) in [5.41, 5.74) is 0.880. The van der Waals surface area contributed by atoms with E-state index in [-0.39, 0.29) is 17.9 Å². The number of aromatic nitrogens is 1. The average molecular weight is 386 g/mol. The van der Waals surface area contributed by atoms with Crippen LogP contribution in [0.1, 0.15) is 27.6 Å². The maximum absolute atomic E-state index is 12.6. The highest BCUT2D eigenvalue weighted by Crippen LogP contribution is 2.32. The Labute approximate surface area is 160 Å². The minimum Gasteiger partial charge on any atom is -0.497 e. The second-order valence-electron chi connectivity index (χ2n) is 5.50. The zero-order valence-corrected chi connectivity index (χ0v) is 15.4. The van der Waals surface area contributed by atoms with Gasteiger partial charge in [-0.25, -0.2) is 9.59 Å². The summed E-state index contributed by atoms with van der Waals surface area (Å²) in [6.07, 6.45) is 1.32. The van der Waals surface area contributed by atoms with Crippen LogP contribution in [-0.4, -0.2) is 30.6 Å². The van der Waals surface area contributed by atoms with E-state index in [4.69, 9.17) is 25.8 Å². The lowest BCUT2D eigenvalue weighted by atomic mass is 10.1. The first-order valence-corrected chi connectivity index (χ1v) is 8.53. The van der Waals surface area contributed by atoms with Gasteiger partial charge in [0, 0.05) is 22.7 Å². The summed E-state index contributed by atoms with van der Waals surface area (Å²) < 4.78 is 15.8. The zero-order valence-electron chi connectivity index (χ0n) is 14.7. The van der Waals surface area contributed by atoms with Crippen LogP contribution in [0, 0.1) is 0 Å². The van der Waals surface area contributed by atoms with Crippen molar-refractivity contribution < 1.29 is 23.8 Å². The minimum atomic E-state index is -0.625. The summed E-state index contributed by atoms with van der Waals surface area (Å²) in [6, 6.07) is 11.3. The molecule has 0 unspecified atom stereocenters. The number of hydrogen-bond acceptors (Lipinski definition) is 6. The summed E-state index contributed by atoms with van der Waals surface area (Å²) in [5, 5.41) is 0.990. The van der Waals surface area contributed by atoms with Gasteiger partial charge in [-0.05, 0) is 43.3 Å². The van der Waals surface area contributed by atoms with Crippen LogP contribution in [0.4, 0.5) is 0 Å². The van der Waals surface area contributed by atoms with Crippen LogP contribution in [-0.2, 0) is 4.74 Å². The first-order chi connectivity index (χ1) is 13.0. The topological polar surface area (TPSA) is 74.7 Å². The number of carbonyl (C=O) groups is 2. The molecular formula is C20H16ClNO5. The molecule has 0 radical (unpaired) electrons. The van der Waals surface area contributed by atoms with Crippen LogP contribution < -0.4 is 9.47 Å². The Bertz CT molecular complexity index is 1000. The molecule has 0 aliphatic carbocycles. The van der Waals surface area contributed by atoms with Crippen LogP contribution in [0.3, 0.4) is 0 Å². The second kappa shape index (κ2) is 8.05. The van der Waals surface area contributed by atoms with Gasteiger partial charge in [0.15, 0.2) is 5.75 Å². The standard InChI is InChI=1S/C20H16ClNO5/c1-3-26-20(24)16-11-22-17-10-14(25-2)8-9-15(17)18(16)27-19(23)12-4-6-13(21)7-5-12/h4-11H,3H2,1-2H3. The van der Waals surface area contributed by atoms with E-state index in [1.165, 1.54) is 13.3 Å². The second-order valence-corrected chi connectivity index (χ2v) is 5.94. The molecule has 2 aromatic carbocycles. The molecule has 27 heavy (non-hydrogen) atoms. The van der Waals surface area contributed by atoms with E-state index in [0.717, 1.165) is 0 Å². The maximum atomic E-state index is 12.6. The number of rotatable bonds is 5. The van der Waals surface area contributed by atoms with Gasteiger partial charge in [0.25, 0.3) is 0 Å². The van der Waals surface area contributed by atoms with E-state index in [1.807, 2.05) is 0 Å². The lowest BCUT2D eigenvalue weighted by Crippen LogP contribution is -2.14. The molecule has 138 valence electrons. The van der Waals surface area contributed by atoms with E-state index in [1.54, 1.807) is 49.4 Å². The van der Waals surface area contributed by atoms with Gasteiger partial charge >= 0.3 is 11.9 Å². The molecule has 0 aliphatic heterocycles. The summed E-state index contributed by atoms with van der Waals surface area (Å²) in [5.74, 6) is -0.572. The Morgan fingerprint density at radius 3 is 2.48 bits per heavy atom. The van der Waals surface area contributed by atoms with Crippen LogP contribution in [0.15, 0.2) is 48.7 Å². The predicted octanol–water partition coefficient (Wildman–Crippen LogP) is 4.29. The normalized spacial score (nSPS) is 10.5. The molecule has 3 aromatic rings. The van der Waals surface area contributed by atoms with Gasteiger partial charge in [0.1, 0.15) is 11.3 Å². The molecule has 0 saturated carbocycles. The molecule has 7 heteroatoms. The van der Waals surface area contributed by atoms with Crippen LogP contribution >= 0.6 is 11.6 Å². The highest BCUT2D eigenvalue weighted by Gasteiger charge is 2.21. The number of pyridine rings is 1. The number of ether oxygens (including phenoxy) is 3. The number of carbonyl (C=O) groups excluding carboxylic acids is 2. The number of fused-ring (bicyclic) bond motifs is 1. The van der Waals surface area contributed by atoms with Gasteiger partial charge in [-0.2, -0.15) is 0 Å². The molecular weight excluding hydrogens is 370 g/mol. The van der Waals surface area contributed by atoms with Crippen molar-refractivity contribution in [1.29, 1.82) is 0 Å². The quantitative estimate of drug-likeness (QED) is 0.610. The van der Waals surface area contributed by atoms with Crippen molar-refractivity contribution >= 4 is 34.4 Å². The van der Waals surface area contributed by atoms with E-state index < -0.39 is 11.9 Å². The molecule has 0 amide bonds. The number of hydrogen-bond donors (Lipinski definition) is 0. The van der Waals surface area contributed by atoms with Gasteiger partial charge in [-0.1, -0.05) is 11.6 Å². The molecule has 0 saturated heterocycles. The van der Waals surface area contributed by atoms with Crippen LogP contribution in [0.2, 0.25) is 5.02 Å². The number of halogens is 1. The van der Waals surface area contributed by atoms with E-state index in [2.05, 4.69) is 4.98 Å². The molecule has 6 nitrogen and oxygen atoms in total. The summed E-state index contributed by atoms with van der Waals surface area (Å²) in [6.45, 7) is 1.88. The summed E-state index contributed by atoms with van der Waals surface area (Å²) in [7, 11) is 1.54. The zero-order chi connectivity index (χ0) is 19.4. The van der Waals surface area contributed by atoms with Crippen molar-refractivity contribution in [2.45, 2.75) is 6.92 Å². The molecule has 1 heterocycles. The molecule has 1 aromatic heterocycles. The van der Waals surface area contributed by atoms with Crippen molar-refractivity contribution in [2.75, 3.05) is 13.7 Å². The van der Waals surface area contributed by atoms with E-state index in [0.29, 0.717) is 27.2 Å². The Balaban J connectivity index is 2.08. The summed E-state index contributed by atoms with van der Waals surface area (Å²) >= 11 is 5.85. The van der Waals surface area contributed by atoms with E-state index >= 15 is 0 Å². The van der Waals surface area contributed by atoms with E-state index in [9.17, 15) is 9.59 Å². The third kappa shape index (κ3) is 4.01. The molecule has 0 spiro atoms. The van der Waals surface area contributed by atoms with Crippen molar-refractivity contribution in [3.05, 3.63) is 64.8 Å². The van der Waals surface area contributed by atoms with Crippen LogP contribution in [0.25, 0.3) is 10.9 Å². The molecule has 0 bridgehead atoms. The lowest BCUT2D eigenvalue weighted by Gasteiger charge is -2.13. The van der Waals surface area contributed by atoms with Gasteiger partial charge in [-0.3, -0.25) is 4.98 Å². The van der Waals surface area contributed by atoms with Gasteiger partial charge in [0.2, 0.25) is 0 Å². The number of benzene rings is 2. The monoisotopic (exact) mass is 385 g/mol. The van der Waals surface area contributed by atoms with Gasteiger partial charge < -0.3 is 14.2 Å². The van der Waals surface area contributed by atoms with Crippen molar-refractivity contribution in [3.63, 3.8) is 0 Å². The number of nitrogens with zero attached hydrogens (tertiary/aromatic N) is 1.